The summed E-state index contributed by atoms with van der Waals surface area (Å²) in [5.41, 5.74) is -4.60. The number of sulfonamides is 1. The Morgan fingerprint density at radius 3 is 2.39 bits per heavy atom. The van der Waals surface area contributed by atoms with E-state index in [0.717, 1.165) is 13.3 Å². The average Bonchev–Trinajstić information content (AvgIpc) is 2.81. The minimum Gasteiger partial charge on any atom is -0.482 e. The van der Waals surface area contributed by atoms with Gasteiger partial charge in [-0.3, -0.25) is 14.2 Å². The summed E-state index contributed by atoms with van der Waals surface area (Å²) in [7, 11) is -2.87. The minimum atomic E-state index is -5.03. The molecule has 0 spiro atoms. The lowest BCUT2D eigenvalue weighted by molar-refractivity contribution is -0.144. The molecule has 0 unspecified atom stereocenters. The highest BCUT2D eigenvalue weighted by molar-refractivity contribution is 7.88. The van der Waals surface area contributed by atoms with E-state index in [1.165, 1.54) is 24.3 Å². The van der Waals surface area contributed by atoms with Crippen LogP contribution < -0.4 is 25.4 Å². The fraction of sp³-hybridized carbons (Fsp3) is 0.238. The number of Topliss-reactive ketones (excluding diaryl/α,β-unsaturated/α-hetero) is 1. The van der Waals surface area contributed by atoms with E-state index in [0.29, 0.717) is 6.07 Å². The summed E-state index contributed by atoms with van der Waals surface area (Å²) < 4.78 is 89.4. The largest absolute Gasteiger partial charge is 0.482 e. The monoisotopic (exact) mass is 580 g/mol. The predicted octanol–water partition coefficient (Wildman–Crippen LogP) is 2.03. The normalized spacial score (nSPS) is 11.9. The van der Waals surface area contributed by atoms with Crippen LogP contribution in [0.5, 0.6) is 17.4 Å². The van der Waals surface area contributed by atoms with E-state index in [2.05, 4.69) is 4.98 Å². The summed E-state index contributed by atoms with van der Waals surface area (Å²) in [6.07, 6.45) is -4.16. The summed E-state index contributed by atoms with van der Waals surface area (Å²) >= 11 is 5.99. The van der Waals surface area contributed by atoms with Crippen LogP contribution in [0.15, 0.2) is 46.0 Å². The Balaban J connectivity index is 1.96. The van der Waals surface area contributed by atoms with Crippen LogP contribution >= 0.6 is 11.6 Å². The molecule has 11 nitrogen and oxygen atoms in total. The van der Waals surface area contributed by atoms with Crippen molar-refractivity contribution in [2.45, 2.75) is 6.18 Å². The van der Waals surface area contributed by atoms with Crippen molar-refractivity contribution in [3.05, 3.63) is 73.8 Å². The molecule has 1 N–H and O–H groups in total. The Kier molecular flexibility index (Phi) is 8.28. The Bertz CT molecular complexity index is 1620. The molecular formula is C21H17ClF4N4O7S. The number of para-hydroxylation sites is 2. The van der Waals surface area contributed by atoms with E-state index in [4.69, 9.17) is 21.1 Å². The lowest BCUT2D eigenvalue weighted by Gasteiger charge is -2.15. The number of benzene rings is 1. The van der Waals surface area contributed by atoms with Crippen molar-refractivity contribution in [3.63, 3.8) is 0 Å². The molecule has 0 radical (unpaired) electrons. The second kappa shape index (κ2) is 10.9. The molecule has 0 amide bonds. The summed E-state index contributed by atoms with van der Waals surface area (Å²) in [6, 6.07) is 6.41. The SMILES string of the molecule is Cn1c(C(F)(F)F)cc(=O)n(-c2nc(Oc3ccccc3OCC(=O)CNS(C)(=O)=O)c(Cl)cc2F)c1=O. The molecule has 3 rings (SSSR count). The van der Waals surface area contributed by atoms with Gasteiger partial charge in [0.05, 0.1) is 12.8 Å². The zero-order chi connectivity index (χ0) is 28.4. The number of hydrogen-bond donors (Lipinski definition) is 1. The minimum absolute atomic E-state index is 0.0495. The fourth-order valence-corrected chi connectivity index (χ4v) is 3.54. The molecule has 0 saturated heterocycles. The van der Waals surface area contributed by atoms with E-state index in [1.807, 2.05) is 4.72 Å². The maximum atomic E-state index is 14.7. The molecule has 17 heteroatoms. The van der Waals surface area contributed by atoms with E-state index in [1.54, 1.807) is 0 Å². The molecule has 3 aromatic rings. The van der Waals surface area contributed by atoms with Crippen LogP contribution in [0.1, 0.15) is 5.69 Å². The van der Waals surface area contributed by atoms with Crippen LogP contribution in [0.3, 0.4) is 0 Å². The fourth-order valence-electron chi connectivity index (χ4n) is 2.94. The number of halogens is 5. The van der Waals surface area contributed by atoms with Gasteiger partial charge in [0, 0.05) is 19.2 Å². The molecular weight excluding hydrogens is 564 g/mol. The first kappa shape index (κ1) is 28.8. The van der Waals surface area contributed by atoms with Gasteiger partial charge in [-0.2, -0.15) is 18.2 Å². The lowest BCUT2D eigenvalue weighted by atomic mass is 10.3. The van der Waals surface area contributed by atoms with Crippen LogP contribution in [-0.4, -0.2) is 47.7 Å². The van der Waals surface area contributed by atoms with Gasteiger partial charge >= 0.3 is 11.9 Å². The van der Waals surface area contributed by atoms with Gasteiger partial charge in [0.1, 0.15) is 17.3 Å². The van der Waals surface area contributed by atoms with Crippen LogP contribution in [0, 0.1) is 5.82 Å². The Labute approximate surface area is 216 Å². The number of nitrogens with one attached hydrogen (secondary N) is 1. The number of alkyl halides is 3. The van der Waals surface area contributed by atoms with Crippen molar-refractivity contribution in [2.24, 2.45) is 7.05 Å². The van der Waals surface area contributed by atoms with E-state index in [9.17, 15) is 40.4 Å². The molecule has 0 aliphatic rings. The molecule has 2 aromatic heterocycles. The third-order valence-electron chi connectivity index (χ3n) is 4.68. The number of carbonyl (C=O) groups is 1. The maximum absolute atomic E-state index is 14.7. The van der Waals surface area contributed by atoms with Gasteiger partial charge in [-0.25, -0.2) is 26.9 Å². The van der Waals surface area contributed by atoms with Crippen molar-refractivity contribution in [1.29, 1.82) is 0 Å². The highest BCUT2D eigenvalue weighted by Crippen LogP contribution is 2.35. The third-order valence-corrected chi connectivity index (χ3v) is 5.62. The second-order valence-electron chi connectivity index (χ2n) is 7.59. The van der Waals surface area contributed by atoms with E-state index >= 15 is 0 Å². The molecule has 0 bridgehead atoms. The summed E-state index contributed by atoms with van der Waals surface area (Å²) in [5.74, 6) is -3.65. The van der Waals surface area contributed by atoms with Gasteiger partial charge < -0.3 is 9.47 Å². The molecule has 1 aromatic carbocycles. The number of ether oxygens (including phenoxy) is 2. The van der Waals surface area contributed by atoms with Crippen molar-refractivity contribution < 1.29 is 40.2 Å². The van der Waals surface area contributed by atoms with Crippen molar-refractivity contribution >= 4 is 27.4 Å². The van der Waals surface area contributed by atoms with Crippen LogP contribution in [0.4, 0.5) is 17.6 Å². The van der Waals surface area contributed by atoms with Gasteiger partial charge in [0.15, 0.2) is 28.9 Å². The number of hydrogen-bond acceptors (Lipinski definition) is 8. The van der Waals surface area contributed by atoms with Crippen molar-refractivity contribution in [2.75, 3.05) is 19.4 Å². The first-order valence-corrected chi connectivity index (χ1v) is 12.5. The number of rotatable bonds is 9. The number of nitrogens with zero attached hydrogens (tertiary/aromatic N) is 3. The molecule has 0 aliphatic carbocycles. The topological polar surface area (TPSA) is 139 Å². The maximum Gasteiger partial charge on any atom is 0.431 e. The molecule has 2 heterocycles. The molecule has 0 aliphatic heterocycles. The quantitative estimate of drug-likeness (QED) is 0.380. The van der Waals surface area contributed by atoms with Crippen LogP contribution in [0.2, 0.25) is 5.02 Å². The van der Waals surface area contributed by atoms with Gasteiger partial charge in [0.25, 0.3) is 5.56 Å². The zero-order valence-electron chi connectivity index (χ0n) is 19.4. The number of pyridine rings is 1. The van der Waals surface area contributed by atoms with E-state index < -0.39 is 74.6 Å². The third kappa shape index (κ3) is 6.76. The predicted molar refractivity (Wildman–Crippen MR) is 125 cm³/mol. The summed E-state index contributed by atoms with van der Waals surface area (Å²) in [4.78, 5) is 40.5. The number of carbonyl (C=O) groups excluding carboxylic acids is 1. The number of aromatic nitrogens is 3. The van der Waals surface area contributed by atoms with Crippen LogP contribution in [-0.2, 0) is 28.0 Å². The van der Waals surface area contributed by atoms with Crippen molar-refractivity contribution in [1.82, 2.24) is 18.8 Å². The first-order chi connectivity index (χ1) is 17.6. The smallest absolute Gasteiger partial charge is 0.431 e. The van der Waals surface area contributed by atoms with Gasteiger partial charge in [-0.05, 0) is 12.1 Å². The van der Waals surface area contributed by atoms with Gasteiger partial charge in [-0.15, -0.1) is 0 Å². The summed E-state index contributed by atoms with van der Waals surface area (Å²) in [5, 5.41) is -0.439. The highest BCUT2D eigenvalue weighted by atomic mass is 35.5. The average molecular weight is 581 g/mol. The standard InChI is InChI=1S/C21H17ClF4N4O7S/c1-29-16(21(24,25)26)8-17(32)30(20(29)33)18-13(23)7-12(22)19(28-18)37-15-6-4-3-5-14(15)36-10-11(31)9-27-38(2,34)35/h3-8,27H,9-10H2,1-2H3. The molecule has 38 heavy (non-hydrogen) atoms. The Morgan fingerprint density at radius 1 is 1.16 bits per heavy atom. The highest BCUT2D eigenvalue weighted by Gasteiger charge is 2.35. The second-order valence-corrected chi connectivity index (χ2v) is 9.83. The summed E-state index contributed by atoms with van der Waals surface area (Å²) in [6.45, 7) is -1.11. The Morgan fingerprint density at radius 2 is 1.79 bits per heavy atom. The van der Waals surface area contributed by atoms with Gasteiger partial charge in [-0.1, -0.05) is 23.7 Å². The first-order valence-electron chi connectivity index (χ1n) is 10.2. The van der Waals surface area contributed by atoms with Crippen LogP contribution in [0.25, 0.3) is 5.82 Å². The molecule has 0 atom stereocenters. The lowest BCUT2D eigenvalue weighted by Crippen LogP contribution is -2.41. The Hall–Kier alpha value is -3.76. The number of ketones is 1. The zero-order valence-corrected chi connectivity index (χ0v) is 20.9. The molecule has 0 fully saturated rings. The molecule has 0 saturated carbocycles. The van der Waals surface area contributed by atoms with E-state index in [-0.39, 0.29) is 26.7 Å². The molecule has 204 valence electrons. The van der Waals surface area contributed by atoms with Gasteiger partial charge in [0.2, 0.25) is 15.9 Å². The van der Waals surface area contributed by atoms with Crippen molar-refractivity contribution in [3.8, 4) is 23.2 Å².